The van der Waals surface area contributed by atoms with Gasteiger partial charge < -0.3 is 10.0 Å². The molecule has 0 aromatic carbocycles. The summed E-state index contributed by atoms with van der Waals surface area (Å²) in [6.07, 6.45) is 2.19. The normalized spacial score (nSPS) is 23.1. The number of aliphatic hydroxyl groups is 1. The second-order valence-electron chi connectivity index (χ2n) is 3.87. The fraction of sp³-hybridized carbons (Fsp3) is 0.700. The summed E-state index contributed by atoms with van der Waals surface area (Å²) in [7, 11) is 0. The van der Waals surface area contributed by atoms with Crippen LogP contribution in [0.5, 0.6) is 0 Å². The Balaban J connectivity index is 1.72. The van der Waals surface area contributed by atoms with E-state index in [4.69, 9.17) is 5.11 Å². The molecule has 14 heavy (non-hydrogen) atoms. The summed E-state index contributed by atoms with van der Waals surface area (Å²) in [5.74, 6) is 0.505. The smallest absolute Gasteiger partial charge is 0.0794 e. The minimum absolute atomic E-state index is 0.340. The molecular weight excluding hydrogens is 196 g/mol. The van der Waals surface area contributed by atoms with E-state index in [2.05, 4.69) is 15.3 Å². The summed E-state index contributed by atoms with van der Waals surface area (Å²) in [6.45, 7) is 3.61. The summed E-state index contributed by atoms with van der Waals surface area (Å²) in [5.41, 5.74) is 3.08. The van der Waals surface area contributed by atoms with Crippen LogP contribution in [0.1, 0.15) is 12.1 Å². The summed E-state index contributed by atoms with van der Waals surface area (Å²) in [6, 6.07) is 0. The molecule has 4 heteroatoms. The van der Waals surface area contributed by atoms with Gasteiger partial charge in [0.15, 0.2) is 0 Å². The Bertz CT molecular complexity index is 263. The molecule has 1 aromatic heterocycles. The van der Waals surface area contributed by atoms with Crippen molar-refractivity contribution in [2.75, 3.05) is 26.2 Å². The van der Waals surface area contributed by atoms with Gasteiger partial charge in [-0.3, -0.25) is 0 Å². The van der Waals surface area contributed by atoms with Crippen LogP contribution in [0.3, 0.4) is 0 Å². The molecule has 3 nitrogen and oxygen atoms in total. The van der Waals surface area contributed by atoms with Crippen molar-refractivity contribution in [3.8, 4) is 0 Å². The SMILES string of the molecule is OCC1CCN(CCc2cscn2)C1. The minimum Gasteiger partial charge on any atom is -0.396 e. The Hall–Kier alpha value is -0.450. The lowest BCUT2D eigenvalue weighted by Gasteiger charge is -2.14. The average molecular weight is 212 g/mol. The van der Waals surface area contributed by atoms with Crippen molar-refractivity contribution in [3.05, 3.63) is 16.6 Å². The lowest BCUT2D eigenvalue weighted by Crippen LogP contribution is -2.24. The highest BCUT2D eigenvalue weighted by Gasteiger charge is 2.20. The quantitative estimate of drug-likeness (QED) is 0.809. The van der Waals surface area contributed by atoms with E-state index in [0.29, 0.717) is 12.5 Å². The zero-order valence-corrected chi connectivity index (χ0v) is 9.04. The molecule has 0 aliphatic carbocycles. The number of hydrogen-bond acceptors (Lipinski definition) is 4. The van der Waals surface area contributed by atoms with E-state index in [1.54, 1.807) is 11.3 Å². The van der Waals surface area contributed by atoms with E-state index >= 15 is 0 Å². The summed E-state index contributed by atoms with van der Waals surface area (Å²) < 4.78 is 0. The van der Waals surface area contributed by atoms with E-state index in [1.807, 2.05) is 5.51 Å². The standard InChI is InChI=1S/C10H16N2OS/c13-6-9-1-3-12(5-9)4-2-10-7-14-8-11-10/h7-9,13H,1-6H2. The Kier molecular flexibility index (Phi) is 3.50. The molecule has 1 unspecified atom stereocenters. The maximum absolute atomic E-state index is 9.00. The highest BCUT2D eigenvalue weighted by atomic mass is 32.1. The fourth-order valence-corrected chi connectivity index (χ4v) is 2.49. The Morgan fingerprint density at radius 1 is 1.64 bits per heavy atom. The maximum Gasteiger partial charge on any atom is 0.0794 e. The largest absolute Gasteiger partial charge is 0.396 e. The number of aliphatic hydroxyl groups excluding tert-OH is 1. The van der Waals surface area contributed by atoms with Gasteiger partial charge in [0, 0.05) is 31.5 Å². The van der Waals surface area contributed by atoms with Gasteiger partial charge in [-0.05, 0) is 18.9 Å². The van der Waals surface area contributed by atoms with Gasteiger partial charge in [-0.2, -0.15) is 0 Å². The molecule has 1 aliphatic heterocycles. The first-order chi connectivity index (χ1) is 6.88. The van der Waals surface area contributed by atoms with Crippen LogP contribution in [0.4, 0.5) is 0 Å². The molecule has 1 aromatic rings. The van der Waals surface area contributed by atoms with Crippen molar-refractivity contribution in [1.82, 2.24) is 9.88 Å². The molecule has 1 saturated heterocycles. The molecule has 2 rings (SSSR count). The molecule has 1 atom stereocenters. The van der Waals surface area contributed by atoms with Crippen LogP contribution >= 0.6 is 11.3 Å². The predicted molar refractivity (Wildman–Crippen MR) is 57.5 cm³/mol. The van der Waals surface area contributed by atoms with Crippen molar-refractivity contribution in [2.24, 2.45) is 5.92 Å². The first-order valence-corrected chi connectivity index (χ1v) is 6.03. The molecule has 1 N–H and O–H groups in total. The lowest BCUT2D eigenvalue weighted by molar-refractivity contribution is 0.222. The van der Waals surface area contributed by atoms with Gasteiger partial charge >= 0.3 is 0 Å². The van der Waals surface area contributed by atoms with Crippen LogP contribution in [0.2, 0.25) is 0 Å². The monoisotopic (exact) mass is 212 g/mol. The van der Waals surface area contributed by atoms with Gasteiger partial charge in [-0.1, -0.05) is 0 Å². The van der Waals surface area contributed by atoms with E-state index in [1.165, 1.54) is 5.69 Å². The number of nitrogens with zero attached hydrogens (tertiary/aromatic N) is 2. The van der Waals surface area contributed by atoms with Crippen LogP contribution in [0, 0.1) is 5.92 Å². The Labute approximate surface area is 88.4 Å². The third kappa shape index (κ3) is 2.53. The number of aromatic nitrogens is 1. The number of rotatable bonds is 4. The second kappa shape index (κ2) is 4.87. The van der Waals surface area contributed by atoms with Crippen molar-refractivity contribution in [2.45, 2.75) is 12.8 Å². The van der Waals surface area contributed by atoms with Crippen molar-refractivity contribution < 1.29 is 5.11 Å². The highest BCUT2D eigenvalue weighted by Crippen LogP contribution is 2.15. The van der Waals surface area contributed by atoms with Crippen molar-refractivity contribution in [1.29, 1.82) is 0 Å². The van der Waals surface area contributed by atoms with Crippen molar-refractivity contribution in [3.63, 3.8) is 0 Å². The second-order valence-corrected chi connectivity index (χ2v) is 4.59. The number of hydrogen-bond donors (Lipinski definition) is 1. The minimum atomic E-state index is 0.340. The van der Waals surface area contributed by atoms with Crippen LogP contribution in [-0.4, -0.2) is 41.2 Å². The van der Waals surface area contributed by atoms with Gasteiger partial charge in [-0.25, -0.2) is 4.98 Å². The van der Waals surface area contributed by atoms with Gasteiger partial charge in [0.05, 0.1) is 11.2 Å². The van der Waals surface area contributed by atoms with E-state index in [-0.39, 0.29) is 0 Å². The van der Waals surface area contributed by atoms with Crippen LogP contribution < -0.4 is 0 Å². The maximum atomic E-state index is 9.00. The van der Waals surface area contributed by atoms with E-state index in [9.17, 15) is 0 Å². The first-order valence-electron chi connectivity index (χ1n) is 5.09. The Morgan fingerprint density at radius 2 is 2.57 bits per heavy atom. The van der Waals surface area contributed by atoms with Crippen LogP contribution in [0.25, 0.3) is 0 Å². The molecular formula is C10H16N2OS. The molecule has 2 heterocycles. The van der Waals surface area contributed by atoms with E-state index < -0.39 is 0 Å². The highest BCUT2D eigenvalue weighted by molar-refractivity contribution is 7.07. The molecule has 0 spiro atoms. The average Bonchev–Trinajstić information content (AvgIpc) is 2.86. The summed E-state index contributed by atoms with van der Waals surface area (Å²) in [4.78, 5) is 6.68. The topological polar surface area (TPSA) is 36.4 Å². The zero-order valence-electron chi connectivity index (χ0n) is 8.22. The summed E-state index contributed by atoms with van der Waals surface area (Å²) >= 11 is 1.66. The molecule has 78 valence electrons. The van der Waals surface area contributed by atoms with Gasteiger partial charge in [0.25, 0.3) is 0 Å². The first kappa shape index (κ1) is 10.1. The molecule has 1 fully saturated rings. The zero-order chi connectivity index (χ0) is 9.80. The molecule has 1 aliphatic rings. The molecule has 0 amide bonds. The number of likely N-dealkylation sites (tertiary alicyclic amines) is 1. The summed E-state index contributed by atoms with van der Waals surface area (Å²) in [5, 5.41) is 11.1. The molecule has 0 bridgehead atoms. The Morgan fingerprint density at radius 3 is 3.21 bits per heavy atom. The predicted octanol–water partition coefficient (Wildman–Crippen LogP) is 1.000. The number of thiazole rings is 1. The molecule has 0 radical (unpaired) electrons. The van der Waals surface area contributed by atoms with Gasteiger partial charge in [0.1, 0.15) is 0 Å². The molecule has 0 saturated carbocycles. The third-order valence-electron chi connectivity index (χ3n) is 2.80. The third-order valence-corrected chi connectivity index (χ3v) is 3.43. The van der Waals surface area contributed by atoms with Crippen LogP contribution in [-0.2, 0) is 6.42 Å². The fourth-order valence-electron chi connectivity index (χ4n) is 1.90. The van der Waals surface area contributed by atoms with Crippen molar-refractivity contribution >= 4 is 11.3 Å². The lowest BCUT2D eigenvalue weighted by atomic mass is 10.1. The van der Waals surface area contributed by atoms with E-state index in [0.717, 1.165) is 32.5 Å². The van der Waals surface area contributed by atoms with Gasteiger partial charge in [-0.15, -0.1) is 11.3 Å². The van der Waals surface area contributed by atoms with Crippen LogP contribution in [0.15, 0.2) is 10.9 Å². The van der Waals surface area contributed by atoms with Gasteiger partial charge in [0.2, 0.25) is 0 Å².